The van der Waals surface area contributed by atoms with Crippen molar-refractivity contribution in [3.63, 3.8) is 0 Å². The average molecular weight is 288 g/mol. The van der Waals surface area contributed by atoms with Crippen LogP contribution in [0.3, 0.4) is 0 Å². The second kappa shape index (κ2) is 7.27. The highest BCUT2D eigenvalue weighted by atomic mass is 16.5. The molecule has 0 atom stereocenters. The molecule has 4 heteroatoms. The summed E-state index contributed by atoms with van der Waals surface area (Å²) in [5.74, 6) is 0.808. The molecule has 0 saturated heterocycles. The number of fused-ring (bicyclic) bond motifs is 1. The molecule has 0 bridgehead atoms. The summed E-state index contributed by atoms with van der Waals surface area (Å²) < 4.78 is 11.0. The standard InChI is InChI=1S/C17H24N2O2/c1-12(2)21-10-6-9-18-15-11-13(3)19-17-14(15)7-5-8-16(17)20-4/h5,7-8,11-12H,6,9-10H2,1-4H3,(H,18,19). The number of para-hydroxylation sites is 1. The lowest BCUT2D eigenvalue weighted by atomic mass is 10.1. The molecule has 0 aliphatic carbocycles. The van der Waals surface area contributed by atoms with Crippen LogP contribution in [0.2, 0.25) is 0 Å². The molecular formula is C17H24N2O2. The number of hydrogen-bond donors (Lipinski definition) is 1. The number of nitrogens with zero attached hydrogens (tertiary/aromatic N) is 1. The van der Waals surface area contributed by atoms with Gasteiger partial charge in [0.25, 0.3) is 0 Å². The minimum atomic E-state index is 0.290. The van der Waals surface area contributed by atoms with Gasteiger partial charge in [-0.05, 0) is 39.3 Å². The van der Waals surface area contributed by atoms with Crippen molar-refractivity contribution in [2.45, 2.75) is 33.3 Å². The summed E-state index contributed by atoms with van der Waals surface area (Å²) in [6.07, 6.45) is 1.27. The third kappa shape index (κ3) is 4.08. The Hall–Kier alpha value is -1.81. The molecule has 2 aromatic rings. The van der Waals surface area contributed by atoms with Crippen LogP contribution in [-0.4, -0.2) is 31.3 Å². The summed E-state index contributed by atoms with van der Waals surface area (Å²) in [6, 6.07) is 8.07. The first-order valence-corrected chi connectivity index (χ1v) is 7.41. The van der Waals surface area contributed by atoms with E-state index in [0.29, 0.717) is 6.10 Å². The van der Waals surface area contributed by atoms with Crippen molar-refractivity contribution in [3.8, 4) is 5.75 Å². The molecule has 0 unspecified atom stereocenters. The van der Waals surface area contributed by atoms with Gasteiger partial charge in [-0.15, -0.1) is 0 Å². The normalized spacial score (nSPS) is 11.1. The molecule has 1 N–H and O–H groups in total. The Bertz CT molecular complexity index is 597. The highest BCUT2D eigenvalue weighted by Crippen LogP contribution is 2.29. The van der Waals surface area contributed by atoms with E-state index in [1.807, 2.05) is 19.1 Å². The van der Waals surface area contributed by atoms with Gasteiger partial charge >= 0.3 is 0 Å². The van der Waals surface area contributed by atoms with Crippen molar-refractivity contribution in [2.75, 3.05) is 25.6 Å². The van der Waals surface area contributed by atoms with Crippen LogP contribution in [0.25, 0.3) is 10.9 Å². The highest BCUT2D eigenvalue weighted by molar-refractivity contribution is 5.95. The van der Waals surface area contributed by atoms with Crippen molar-refractivity contribution >= 4 is 16.6 Å². The predicted octanol–water partition coefficient (Wildman–Crippen LogP) is 3.78. The van der Waals surface area contributed by atoms with Crippen LogP contribution in [-0.2, 0) is 4.74 Å². The van der Waals surface area contributed by atoms with Crippen molar-refractivity contribution in [2.24, 2.45) is 0 Å². The van der Waals surface area contributed by atoms with E-state index in [1.165, 1.54) is 0 Å². The van der Waals surface area contributed by atoms with Gasteiger partial charge in [-0.1, -0.05) is 12.1 Å². The zero-order valence-corrected chi connectivity index (χ0v) is 13.3. The number of benzene rings is 1. The molecule has 1 aromatic carbocycles. The van der Waals surface area contributed by atoms with E-state index in [-0.39, 0.29) is 0 Å². The monoisotopic (exact) mass is 288 g/mol. The maximum absolute atomic E-state index is 5.56. The SMILES string of the molecule is COc1cccc2c(NCCCOC(C)C)cc(C)nc12. The van der Waals surface area contributed by atoms with E-state index in [4.69, 9.17) is 9.47 Å². The lowest BCUT2D eigenvalue weighted by Gasteiger charge is -2.13. The highest BCUT2D eigenvalue weighted by Gasteiger charge is 2.08. The Kier molecular flexibility index (Phi) is 5.39. The minimum absolute atomic E-state index is 0.290. The lowest BCUT2D eigenvalue weighted by molar-refractivity contribution is 0.0787. The first-order chi connectivity index (χ1) is 10.1. The molecule has 1 aromatic heterocycles. The number of aryl methyl sites for hydroxylation is 1. The summed E-state index contributed by atoms with van der Waals surface area (Å²) in [4.78, 5) is 4.59. The Morgan fingerprint density at radius 1 is 1.29 bits per heavy atom. The maximum Gasteiger partial charge on any atom is 0.145 e. The van der Waals surface area contributed by atoms with Crippen molar-refractivity contribution in [1.82, 2.24) is 4.98 Å². The number of ether oxygens (including phenoxy) is 2. The topological polar surface area (TPSA) is 43.4 Å². The number of hydrogen-bond acceptors (Lipinski definition) is 4. The van der Waals surface area contributed by atoms with Gasteiger partial charge in [0.1, 0.15) is 11.3 Å². The van der Waals surface area contributed by atoms with E-state index in [1.54, 1.807) is 7.11 Å². The first kappa shape index (κ1) is 15.6. The van der Waals surface area contributed by atoms with Crippen LogP contribution in [0.1, 0.15) is 26.0 Å². The van der Waals surface area contributed by atoms with Crippen LogP contribution >= 0.6 is 0 Å². The number of anilines is 1. The zero-order valence-electron chi connectivity index (χ0n) is 13.3. The molecule has 4 nitrogen and oxygen atoms in total. The maximum atomic E-state index is 5.56. The van der Waals surface area contributed by atoms with E-state index >= 15 is 0 Å². The largest absolute Gasteiger partial charge is 0.494 e. The second-order valence-corrected chi connectivity index (χ2v) is 5.37. The molecule has 0 saturated carbocycles. The summed E-state index contributed by atoms with van der Waals surface area (Å²) in [5.41, 5.74) is 2.98. The number of rotatable bonds is 7. The Morgan fingerprint density at radius 2 is 2.10 bits per heavy atom. The summed E-state index contributed by atoms with van der Waals surface area (Å²) in [5, 5.41) is 4.57. The first-order valence-electron chi connectivity index (χ1n) is 7.41. The molecule has 0 radical (unpaired) electrons. The zero-order chi connectivity index (χ0) is 15.2. The van der Waals surface area contributed by atoms with Crippen LogP contribution in [0.15, 0.2) is 24.3 Å². The Morgan fingerprint density at radius 3 is 2.81 bits per heavy atom. The third-order valence-electron chi connectivity index (χ3n) is 3.24. The van der Waals surface area contributed by atoms with E-state index < -0.39 is 0 Å². The van der Waals surface area contributed by atoms with Gasteiger partial charge < -0.3 is 14.8 Å². The van der Waals surface area contributed by atoms with Crippen LogP contribution in [0.4, 0.5) is 5.69 Å². The molecule has 2 rings (SSSR count). The molecular weight excluding hydrogens is 264 g/mol. The molecule has 0 aliphatic heterocycles. The summed E-state index contributed by atoms with van der Waals surface area (Å²) in [7, 11) is 1.68. The number of pyridine rings is 1. The molecule has 1 heterocycles. The van der Waals surface area contributed by atoms with Gasteiger partial charge in [0.15, 0.2) is 0 Å². The molecule has 0 spiro atoms. The van der Waals surface area contributed by atoms with Gasteiger partial charge in [-0.2, -0.15) is 0 Å². The fourth-order valence-electron chi connectivity index (χ4n) is 2.28. The van der Waals surface area contributed by atoms with Gasteiger partial charge in [0, 0.05) is 29.9 Å². The summed E-state index contributed by atoms with van der Waals surface area (Å²) in [6.45, 7) is 7.76. The van der Waals surface area contributed by atoms with Gasteiger partial charge in [0.05, 0.1) is 13.2 Å². The minimum Gasteiger partial charge on any atom is -0.494 e. The fraction of sp³-hybridized carbons (Fsp3) is 0.471. The van der Waals surface area contributed by atoms with Gasteiger partial charge in [-0.3, -0.25) is 0 Å². The van der Waals surface area contributed by atoms with Crippen molar-refractivity contribution in [3.05, 3.63) is 30.0 Å². The van der Waals surface area contributed by atoms with Gasteiger partial charge in [0.2, 0.25) is 0 Å². The Balaban J connectivity index is 2.12. The Labute approximate surface area is 126 Å². The number of nitrogens with one attached hydrogen (secondary N) is 1. The predicted molar refractivity (Wildman–Crippen MR) is 87.2 cm³/mol. The molecule has 0 aliphatic rings. The van der Waals surface area contributed by atoms with Gasteiger partial charge in [-0.25, -0.2) is 4.98 Å². The number of aromatic nitrogens is 1. The van der Waals surface area contributed by atoms with E-state index in [9.17, 15) is 0 Å². The number of methoxy groups -OCH3 is 1. The van der Waals surface area contributed by atoms with Crippen molar-refractivity contribution < 1.29 is 9.47 Å². The third-order valence-corrected chi connectivity index (χ3v) is 3.24. The molecule has 0 amide bonds. The lowest BCUT2D eigenvalue weighted by Crippen LogP contribution is -2.09. The van der Waals surface area contributed by atoms with Crippen LogP contribution < -0.4 is 10.1 Å². The summed E-state index contributed by atoms with van der Waals surface area (Å²) >= 11 is 0. The average Bonchev–Trinajstić information content (AvgIpc) is 2.45. The molecule has 21 heavy (non-hydrogen) atoms. The van der Waals surface area contributed by atoms with E-state index in [2.05, 4.69) is 36.3 Å². The molecule has 114 valence electrons. The smallest absolute Gasteiger partial charge is 0.145 e. The fourth-order valence-corrected chi connectivity index (χ4v) is 2.28. The van der Waals surface area contributed by atoms with Crippen LogP contribution in [0, 0.1) is 6.92 Å². The quantitative estimate of drug-likeness (QED) is 0.787. The molecule has 0 fully saturated rings. The van der Waals surface area contributed by atoms with Crippen molar-refractivity contribution in [1.29, 1.82) is 0 Å². The van der Waals surface area contributed by atoms with Crippen LogP contribution in [0.5, 0.6) is 5.75 Å². The second-order valence-electron chi connectivity index (χ2n) is 5.37. The van der Waals surface area contributed by atoms with E-state index in [0.717, 1.165) is 47.6 Å².